The lowest BCUT2D eigenvalue weighted by Crippen LogP contribution is -2.15. The van der Waals surface area contributed by atoms with E-state index in [1.54, 1.807) is 32.4 Å². The average Bonchev–Trinajstić information content (AvgIpc) is 2.74. The Kier molecular flexibility index (Phi) is 4.37. The van der Waals surface area contributed by atoms with Crippen LogP contribution in [0.4, 0.5) is 0 Å². The van der Waals surface area contributed by atoms with E-state index in [1.165, 1.54) is 0 Å². The number of ether oxygens (including phenoxy) is 2. The van der Waals surface area contributed by atoms with Crippen molar-refractivity contribution in [1.82, 2.24) is 14.6 Å². The molecule has 0 atom stereocenters. The minimum Gasteiger partial charge on any atom is -0.497 e. The molecule has 0 saturated carbocycles. The Bertz CT molecular complexity index is 635. The highest BCUT2D eigenvalue weighted by molar-refractivity contribution is 5.67. The summed E-state index contributed by atoms with van der Waals surface area (Å²) in [5.41, 5.74) is 2.22. The molecule has 1 aromatic carbocycles. The molecule has 1 N–H and O–H groups in total. The van der Waals surface area contributed by atoms with Gasteiger partial charge in [0, 0.05) is 6.54 Å². The summed E-state index contributed by atoms with van der Waals surface area (Å²) in [6, 6.07) is 5.40. The van der Waals surface area contributed by atoms with Gasteiger partial charge in [-0.15, -0.1) is 0 Å². The molecule has 0 aliphatic heterocycles. The molecule has 21 heavy (non-hydrogen) atoms. The van der Waals surface area contributed by atoms with Crippen LogP contribution in [0.2, 0.25) is 0 Å². The number of aryl methyl sites for hydroxylation is 1. The number of rotatable bonds is 5. The lowest BCUT2D eigenvalue weighted by atomic mass is 10.2. The second-order valence-electron chi connectivity index (χ2n) is 5.08. The third kappa shape index (κ3) is 2.95. The van der Waals surface area contributed by atoms with Gasteiger partial charge >= 0.3 is 0 Å². The molecule has 2 aromatic rings. The fourth-order valence-electron chi connectivity index (χ4n) is 2.20. The molecule has 0 aliphatic carbocycles. The first kappa shape index (κ1) is 15.2. The normalized spacial score (nSPS) is 11.0. The van der Waals surface area contributed by atoms with Crippen LogP contribution in [0.3, 0.4) is 0 Å². The van der Waals surface area contributed by atoms with E-state index < -0.39 is 0 Å². The molecular weight excluding hydrogens is 270 g/mol. The van der Waals surface area contributed by atoms with E-state index in [9.17, 15) is 5.21 Å². The third-order valence-corrected chi connectivity index (χ3v) is 3.26. The molecule has 0 saturated heterocycles. The lowest BCUT2D eigenvalue weighted by Gasteiger charge is -2.12. The molecule has 0 spiro atoms. The minimum atomic E-state index is 0.445. The number of imidazole rings is 1. The van der Waals surface area contributed by atoms with Gasteiger partial charge in [-0.25, -0.2) is 4.98 Å². The summed E-state index contributed by atoms with van der Waals surface area (Å²) < 4.78 is 11.7. The van der Waals surface area contributed by atoms with E-state index in [2.05, 4.69) is 4.98 Å². The van der Waals surface area contributed by atoms with E-state index in [0.29, 0.717) is 29.4 Å². The Balaban J connectivity index is 2.56. The molecule has 1 aromatic heterocycles. The highest BCUT2D eigenvalue weighted by atomic mass is 16.5. The smallest absolute Gasteiger partial charge is 0.179 e. The lowest BCUT2D eigenvalue weighted by molar-refractivity contribution is 0.172. The Morgan fingerprint density at radius 3 is 2.52 bits per heavy atom. The van der Waals surface area contributed by atoms with Gasteiger partial charge in [0.05, 0.1) is 31.2 Å². The van der Waals surface area contributed by atoms with E-state index >= 15 is 0 Å². The minimum absolute atomic E-state index is 0.445. The van der Waals surface area contributed by atoms with Crippen molar-refractivity contribution in [1.29, 1.82) is 0 Å². The molecule has 114 valence electrons. The highest BCUT2D eigenvalue weighted by Crippen LogP contribution is 2.33. The predicted octanol–water partition coefficient (Wildman–Crippen LogP) is 2.17. The van der Waals surface area contributed by atoms with Crippen molar-refractivity contribution in [2.75, 3.05) is 28.3 Å². The van der Waals surface area contributed by atoms with Gasteiger partial charge in [-0.3, -0.25) is 0 Å². The van der Waals surface area contributed by atoms with Gasteiger partial charge in [-0.1, -0.05) is 0 Å². The van der Waals surface area contributed by atoms with Crippen molar-refractivity contribution in [3.8, 4) is 22.9 Å². The van der Waals surface area contributed by atoms with E-state index in [4.69, 9.17) is 9.47 Å². The summed E-state index contributed by atoms with van der Waals surface area (Å²) in [7, 11) is 7.07. The van der Waals surface area contributed by atoms with Crippen LogP contribution in [0.1, 0.15) is 11.4 Å². The molecule has 0 aliphatic rings. The molecular formula is C15H21N3O3. The first-order chi connectivity index (χ1) is 9.97. The van der Waals surface area contributed by atoms with Crippen LogP contribution < -0.4 is 9.47 Å². The topological polar surface area (TPSA) is 59.8 Å². The van der Waals surface area contributed by atoms with E-state index in [-0.39, 0.29) is 0 Å². The molecule has 6 nitrogen and oxygen atoms in total. The maximum Gasteiger partial charge on any atom is 0.179 e. The van der Waals surface area contributed by atoms with Crippen molar-refractivity contribution in [2.24, 2.45) is 0 Å². The average molecular weight is 291 g/mol. The van der Waals surface area contributed by atoms with Gasteiger partial charge in [0.15, 0.2) is 5.82 Å². The fraction of sp³-hybridized carbons (Fsp3) is 0.400. The molecule has 0 radical (unpaired) electrons. The SMILES string of the molecule is COc1ccc(OC)c(-c2nc(C)c(CN(C)C)n2O)c1. The Hall–Kier alpha value is -2.21. The highest BCUT2D eigenvalue weighted by Gasteiger charge is 2.19. The van der Waals surface area contributed by atoms with Crippen LogP contribution in [0, 0.1) is 6.92 Å². The Labute approximate surface area is 124 Å². The zero-order chi connectivity index (χ0) is 15.6. The van der Waals surface area contributed by atoms with Crippen LogP contribution in [0.5, 0.6) is 11.5 Å². The Morgan fingerprint density at radius 2 is 1.95 bits per heavy atom. The van der Waals surface area contributed by atoms with Gasteiger partial charge in [0.2, 0.25) is 0 Å². The maximum atomic E-state index is 10.4. The van der Waals surface area contributed by atoms with Gasteiger partial charge < -0.3 is 19.6 Å². The van der Waals surface area contributed by atoms with Gasteiger partial charge in [0.25, 0.3) is 0 Å². The molecule has 0 unspecified atom stereocenters. The molecule has 6 heteroatoms. The van der Waals surface area contributed by atoms with Crippen LogP contribution in [0.25, 0.3) is 11.4 Å². The van der Waals surface area contributed by atoms with Gasteiger partial charge in [0.1, 0.15) is 11.5 Å². The van der Waals surface area contributed by atoms with E-state index in [1.807, 2.05) is 25.9 Å². The van der Waals surface area contributed by atoms with Crippen molar-refractivity contribution < 1.29 is 14.7 Å². The van der Waals surface area contributed by atoms with Crippen molar-refractivity contribution in [3.63, 3.8) is 0 Å². The number of hydrogen-bond donors (Lipinski definition) is 1. The summed E-state index contributed by atoms with van der Waals surface area (Å²) in [6.45, 7) is 2.48. The van der Waals surface area contributed by atoms with Crippen LogP contribution in [-0.4, -0.2) is 48.1 Å². The molecule has 0 fully saturated rings. The van der Waals surface area contributed by atoms with Crippen molar-refractivity contribution >= 4 is 0 Å². The predicted molar refractivity (Wildman–Crippen MR) is 80.1 cm³/mol. The summed E-state index contributed by atoms with van der Waals surface area (Å²) in [5, 5.41) is 10.4. The summed E-state index contributed by atoms with van der Waals surface area (Å²) in [5.74, 6) is 1.76. The quantitative estimate of drug-likeness (QED) is 0.856. The molecule has 1 heterocycles. The largest absolute Gasteiger partial charge is 0.497 e. The van der Waals surface area contributed by atoms with Gasteiger partial charge in [-0.2, -0.15) is 4.73 Å². The van der Waals surface area contributed by atoms with Crippen molar-refractivity contribution in [3.05, 3.63) is 29.6 Å². The second kappa shape index (κ2) is 6.05. The first-order valence-corrected chi connectivity index (χ1v) is 6.62. The standard InChI is InChI=1S/C15H21N3O3/c1-10-13(9-17(2)3)18(19)15(16-10)12-8-11(20-4)6-7-14(12)21-5/h6-8,19H,9H2,1-5H3. The zero-order valence-electron chi connectivity index (χ0n) is 13.0. The fourth-order valence-corrected chi connectivity index (χ4v) is 2.20. The number of nitrogens with zero attached hydrogens (tertiary/aromatic N) is 3. The molecule has 2 rings (SSSR count). The van der Waals surface area contributed by atoms with Gasteiger partial charge in [-0.05, 0) is 39.2 Å². The number of methoxy groups -OCH3 is 2. The molecule has 0 bridgehead atoms. The number of aromatic nitrogens is 2. The third-order valence-electron chi connectivity index (χ3n) is 3.26. The zero-order valence-corrected chi connectivity index (χ0v) is 13.0. The van der Waals surface area contributed by atoms with Crippen molar-refractivity contribution in [2.45, 2.75) is 13.5 Å². The van der Waals surface area contributed by atoms with Crippen LogP contribution in [0.15, 0.2) is 18.2 Å². The molecule has 0 amide bonds. The summed E-state index contributed by atoms with van der Waals surface area (Å²) >= 11 is 0. The second-order valence-corrected chi connectivity index (χ2v) is 5.08. The van der Waals surface area contributed by atoms with Crippen LogP contribution in [-0.2, 0) is 6.54 Å². The summed E-state index contributed by atoms with van der Waals surface area (Å²) in [6.07, 6.45) is 0. The van der Waals surface area contributed by atoms with E-state index in [0.717, 1.165) is 16.1 Å². The first-order valence-electron chi connectivity index (χ1n) is 6.62. The number of benzene rings is 1. The Morgan fingerprint density at radius 1 is 1.24 bits per heavy atom. The monoisotopic (exact) mass is 291 g/mol. The van der Waals surface area contributed by atoms with Crippen LogP contribution >= 0.6 is 0 Å². The maximum absolute atomic E-state index is 10.4. The number of hydrogen-bond acceptors (Lipinski definition) is 5. The summed E-state index contributed by atoms with van der Waals surface area (Å²) in [4.78, 5) is 6.44.